The van der Waals surface area contributed by atoms with Crippen molar-refractivity contribution in [1.82, 2.24) is 15.0 Å². The van der Waals surface area contributed by atoms with Crippen LogP contribution in [0.3, 0.4) is 0 Å². The Labute approximate surface area is 159 Å². The van der Waals surface area contributed by atoms with Gasteiger partial charge >= 0.3 is 6.18 Å². The number of carbonyl (C=O) groups is 1. The Balaban J connectivity index is 1.94. The molecule has 3 rings (SSSR count). The minimum absolute atomic E-state index is 0.0333. The smallest absolute Gasteiger partial charge is 0.376 e. The maximum atomic E-state index is 13.1. The summed E-state index contributed by atoms with van der Waals surface area (Å²) >= 11 is 0. The third-order valence-corrected chi connectivity index (χ3v) is 4.04. The Morgan fingerprint density at radius 3 is 2.36 bits per heavy atom. The van der Waals surface area contributed by atoms with E-state index in [1.54, 1.807) is 50.2 Å². The van der Waals surface area contributed by atoms with Crippen LogP contribution in [0.4, 0.5) is 24.5 Å². The van der Waals surface area contributed by atoms with E-state index >= 15 is 0 Å². The minimum Gasteiger partial charge on any atom is -0.376 e. The average Bonchev–Trinajstić information content (AvgIpc) is 3.03. The fraction of sp³-hybridized carbons (Fsp3) is 0.211. The number of alkyl halides is 3. The number of anilines is 2. The standard InChI is InChI=1S/C19H18F3N5O/c1-12-17(25-27(24-12)14-7-5-4-6-8-14)18(28)23-15-11-13(19(20,21)22)9-10-16(15)26(2)3/h4-11H,1-3H3,(H,23,28). The number of aryl methyl sites for hydroxylation is 1. The number of hydrogen-bond acceptors (Lipinski definition) is 4. The topological polar surface area (TPSA) is 63.1 Å². The summed E-state index contributed by atoms with van der Waals surface area (Å²) in [5, 5.41) is 10.9. The van der Waals surface area contributed by atoms with Crippen molar-refractivity contribution in [2.45, 2.75) is 13.1 Å². The second-order valence-corrected chi connectivity index (χ2v) is 6.34. The Morgan fingerprint density at radius 2 is 1.75 bits per heavy atom. The van der Waals surface area contributed by atoms with Crippen LogP contribution in [0.15, 0.2) is 48.5 Å². The van der Waals surface area contributed by atoms with Gasteiger partial charge in [0.2, 0.25) is 0 Å². The molecule has 0 atom stereocenters. The summed E-state index contributed by atoms with van der Waals surface area (Å²) in [5.74, 6) is -0.637. The van der Waals surface area contributed by atoms with E-state index < -0.39 is 17.6 Å². The van der Waals surface area contributed by atoms with Gasteiger partial charge in [-0.2, -0.15) is 23.1 Å². The predicted octanol–water partition coefficient (Wildman–Crippen LogP) is 3.91. The highest BCUT2D eigenvalue weighted by Gasteiger charge is 2.31. The van der Waals surface area contributed by atoms with Crippen LogP contribution in [-0.2, 0) is 6.18 Å². The number of aromatic nitrogens is 3. The van der Waals surface area contributed by atoms with Crippen molar-refractivity contribution >= 4 is 17.3 Å². The first-order chi connectivity index (χ1) is 13.2. The molecule has 0 aliphatic carbocycles. The molecule has 0 spiro atoms. The van der Waals surface area contributed by atoms with E-state index in [0.29, 0.717) is 17.1 Å². The van der Waals surface area contributed by atoms with Gasteiger partial charge in [0.25, 0.3) is 5.91 Å². The van der Waals surface area contributed by atoms with Gasteiger partial charge < -0.3 is 10.2 Å². The second kappa shape index (κ2) is 7.34. The lowest BCUT2D eigenvalue weighted by atomic mass is 10.1. The van der Waals surface area contributed by atoms with Gasteiger partial charge in [0, 0.05) is 14.1 Å². The summed E-state index contributed by atoms with van der Waals surface area (Å²) in [5.41, 5.74) is 0.689. The Bertz CT molecular complexity index is 997. The Hall–Kier alpha value is -3.36. The van der Waals surface area contributed by atoms with E-state index in [2.05, 4.69) is 15.5 Å². The monoisotopic (exact) mass is 389 g/mol. The number of carbonyl (C=O) groups excluding carboxylic acids is 1. The van der Waals surface area contributed by atoms with Gasteiger partial charge in [0.15, 0.2) is 5.69 Å². The number of nitrogens with one attached hydrogen (secondary N) is 1. The molecule has 1 amide bonds. The van der Waals surface area contributed by atoms with Crippen molar-refractivity contribution in [3.05, 3.63) is 65.5 Å². The fourth-order valence-electron chi connectivity index (χ4n) is 2.65. The Morgan fingerprint density at radius 1 is 1.07 bits per heavy atom. The molecule has 2 aromatic carbocycles. The van der Waals surface area contributed by atoms with E-state index in [1.807, 2.05) is 6.07 Å². The van der Waals surface area contributed by atoms with Gasteiger partial charge in [-0.1, -0.05) is 18.2 Å². The molecular formula is C19H18F3N5O. The fourth-order valence-corrected chi connectivity index (χ4v) is 2.65. The predicted molar refractivity (Wildman–Crippen MR) is 99.8 cm³/mol. The molecule has 146 valence electrons. The number of hydrogen-bond donors (Lipinski definition) is 1. The number of para-hydroxylation sites is 1. The molecule has 0 bridgehead atoms. The van der Waals surface area contributed by atoms with E-state index in [0.717, 1.165) is 12.1 Å². The van der Waals surface area contributed by atoms with Gasteiger partial charge in [-0.05, 0) is 37.3 Å². The SMILES string of the molecule is Cc1nn(-c2ccccc2)nc1C(=O)Nc1cc(C(F)(F)F)ccc1N(C)C. The summed E-state index contributed by atoms with van der Waals surface area (Å²) in [6, 6.07) is 12.2. The molecule has 1 heterocycles. The number of rotatable bonds is 4. The van der Waals surface area contributed by atoms with Gasteiger partial charge in [-0.25, -0.2) is 0 Å². The molecule has 3 aromatic rings. The molecular weight excluding hydrogens is 371 g/mol. The second-order valence-electron chi connectivity index (χ2n) is 6.34. The van der Waals surface area contributed by atoms with Crippen LogP contribution in [0.2, 0.25) is 0 Å². The first kappa shape index (κ1) is 19.4. The Kier molecular flexibility index (Phi) is 5.08. The molecule has 0 saturated carbocycles. The lowest BCUT2D eigenvalue weighted by molar-refractivity contribution is -0.137. The van der Waals surface area contributed by atoms with Crippen LogP contribution in [-0.4, -0.2) is 35.0 Å². The normalized spacial score (nSPS) is 11.4. The summed E-state index contributed by atoms with van der Waals surface area (Å²) in [7, 11) is 3.35. The molecule has 28 heavy (non-hydrogen) atoms. The molecule has 9 heteroatoms. The van der Waals surface area contributed by atoms with Crippen LogP contribution >= 0.6 is 0 Å². The van der Waals surface area contributed by atoms with Crippen molar-refractivity contribution < 1.29 is 18.0 Å². The number of halogens is 3. The molecule has 0 fully saturated rings. The summed E-state index contributed by atoms with van der Waals surface area (Å²) in [6.07, 6.45) is -4.52. The molecule has 0 radical (unpaired) electrons. The highest BCUT2D eigenvalue weighted by atomic mass is 19.4. The summed E-state index contributed by atoms with van der Waals surface area (Å²) < 4.78 is 39.2. The van der Waals surface area contributed by atoms with E-state index in [9.17, 15) is 18.0 Å². The van der Waals surface area contributed by atoms with Crippen LogP contribution in [0.5, 0.6) is 0 Å². The lowest BCUT2D eigenvalue weighted by Crippen LogP contribution is -2.19. The van der Waals surface area contributed by atoms with E-state index in [1.165, 1.54) is 10.9 Å². The van der Waals surface area contributed by atoms with Crippen LogP contribution in [0.25, 0.3) is 5.69 Å². The van der Waals surface area contributed by atoms with E-state index in [-0.39, 0.29) is 11.4 Å². The summed E-state index contributed by atoms with van der Waals surface area (Å²) in [6.45, 7) is 1.61. The molecule has 1 aromatic heterocycles. The van der Waals surface area contributed by atoms with Crippen molar-refractivity contribution in [2.24, 2.45) is 0 Å². The summed E-state index contributed by atoms with van der Waals surface area (Å²) in [4.78, 5) is 15.6. The average molecular weight is 389 g/mol. The van der Waals surface area contributed by atoms with E-state index in [4.69, 9.17) is 0 Å². The molecule has 6 nitrogen and oxygen atoms in total. The quantitative estimate of drug-likeness (QED) is 0.735. The third-order valence-electron chi connectivity index (χ3n) is 4.04. The van der Waals surface area contributed by atoms with Gasteiger partial charge in [-0.3, -0.25) is 4.79 Å². The van der Waals surface area contributed by atoms with Crippen LogP contribution in [0.1, 0.15) is 21.7 Å². The lowest BCUT2D eigenvalue weighted by Gasteiger charge is -2.19. The number of benzene rings is 2. The first-order valence-corrected chi connectivity index (χ1v) is 8.36. The molecule has 0 aliphatic rings. The van der Waals surface area contributed by atoms with Gasteiger partial charge in [0.1, 0.15) is 0 Å². The first-order valence-electron chi connectivity index (χ1n) is 8.36. The zero-order chi connectivity index (χ0) is 20.5. The number of nitrogens with zero attached hydrogens (tertiary/aromatic N) is 4. The van der Waals surface area contributed by atoms with Gasteiger partial charge in [0.05, 0.1) is 28.3 Å². The zero-order valence-corrected chi connectivity index (χ0v) is 15.4. The molecule has 0 aliphatic heterocycles. The molecule has 0 saturated heterocycles. The third kappa shape index (κ3) is 3.98. The zero-order valence-electron chi connectivity index (χ0n) is 15.4. The minimum atomic E-state index is -4.52. The largest absolute Gasteiger partial charge is 0.416 e. The van der Waals surface area contributed by atoms with Crippen LogP contribution < -0.4 is 10.2 Å². The highest BCUT2D eigenvalue weighted by molar-refractivity contribution is 6.05. The van der Waals surface area contributed by atoms with Crippen molar-refractivity contribution in [1.29, 1.82) is 0 Å². The van der Waals surface area contributed by atoms with Crippen molar-refractivity contribution in [3.8, 4) is 5.69 Å². The highest BCUT2D eigenvalue weighted by Crippen LogP contribution is 2.35. The maximum absolute atomic E-state index is 13.1. The van der Waals surface area contributed by atoms with Crippen molar-refractivity contribution in [2.75, 3.05) is 24.3 Å². The number of amides is 1. The van der Waals surface area contributed by atoms with Crippen molar-refractivity contribution in [3.63, 3.8) is 0 Å². The van der Waals surface area contributed by atoms with Gasteiger partial charge in [-0.15, -0.1) is 5.10 Å². The van der Waals surface area contributed by atoms with Crippen LogP contribution in [0, 0.1) is 6.92 Å². The molecule has 0 unspecified atom stereocenters. The molecule has 1 N–H and O–H groups in total. The maximum Gasteiger partial charge on any atom is 0.416 e.